The highest BCUT2D eigenvalue weighted by Crippen LogP contribution is 2.24. The molecule has 1 N–H and O–H groups in total. The quantitative estimate of drug-likeness (QED) is 0.228. The molecule has 10 heteroatoms. The molecule has 1 aliphatic heterocycles. The van der Waals surface area contributed by atoms with Crippen LogP contribution < -0.4 is 5.32 Å². The number of rotatable bonds is 4. The van der Waals surface area contributed by atoms with E-state index in [1.54, 1.807) is 17.2 Å². The molecule has 9 nitrogen and oxygen atoms in total. The van der Waals surface area contributed by atoms with E-state index in [0.717, 1.165) is 11.8 Å². The second kappa shape index (κ2) is 6.09. The molecule has 1 aromatic rings. The largest absolute Gasteiger partial charge is 0.365 e. The van der Waals surface area contributed by atoms with Gasteiger partial charge in [-0.15, -0.1) is 0 Å². The molecule has 20 heavy (non-hydrogen) atoms. The summed E-state index contributed by atoms with van der Waals surface area (Å²) in [6.07, 6.45) is 2.46. The van der Waals surface area contributed by atoms with Crippen LogP contribution in [0.15, 0.2) is 29.4 Å². The fourth-order valence-corrected chi connectivity index (χ4v) is 1.99. The Balaban J connectivity index is 2.19. The van der Waals surface area contributed by atoms with Crippen LogP contribution >= 0.6 is 11.6 Å². The number of nitrogens with zero attached hydrogens (tertiary/aromatic N) is 6. The fourth-order valence-electron chi connectivity index (χ4n) is 1.85. The Labute approximate surface area is 118 Å². The molecule has 0 aliphatic carbocycles. The lowest BCUT2D eigenvalue weighted by Crippen LogP contribution is -2.20. The first-order valence-corrected chi connectivity index (χ1v) is 6.01. The summed E-state index contributed by atoms with van der Waals surface area (Å²) in [4.78, 5) is 18.4. The topological polar surface area (TPSA) is 120 Å². The van der Waals surface area contributed by atoms with Crippen molar-refractivity contribution in [3.8, 4) is 0 Å². The van der Waals surface area contributed by atoms with Crippen LogP contribution in [0.25, 0.3) is 10.4 Å². The fraction of sp³-hybridized carbons (Fsp3) is 0.300. The Hall–Kier alpha value is -2.51. The predicted octanol–water partition coefficient (Wildman–Crippen LogP) is 2.16. The van der Waals surface area contributed by atoms with Crippen molar-refractivity contribution in [1.29, 1.82) is 0 Å². The second-order valence-electron chi connectivity index (χ2n) is 3.99. The number of aromatic nitrogens is 1. The molecule has 1 fully saturated rings. The lowest BCUT2D eigenvalue weighted by atomic mass is 10.2. The molecule has 0 atom stereocenters. The maximum atomic E-state index is 10.5. The summed E-state index contributed by atoms with van der Waals surface area (Å²) in [7, 11) is 0. The molecule has 1 saturated heterocycles. The van der Waals surface area contributed by atoms with Gasteiger partial charge in [-0.05, 0) is 17.2 Å². The van der Waals surface area contributed by atoms with Crippen molar-refractivity contribution >= 4 is 17.3 Å². The molecule has 0 aromatic carbocycles. The molecule has 1 aromatic heterocycles. The third-order valence-corrected chi connectivity index (χ3v) is 2.95. The number of nitrogens with one attached hydrogen (secondary N) is 1. The molecule has 1 aliphatic rings. The molecular formula is C10H10ClN7O2. The number of pyridine rings is 1. The molecule has 0 saturated carbocycles. The van der Waals surface area contributed by atoms with Gasteiger partial charge in [0.15, 0.2) is 5.82 Å². The van der Waals surface area contributed by atoms with Crippen molar-refractivity contribution in [1.82, 2.24) is 15.2 Å². The van der Waals surface area contributed by atoms with Gasteiger partial charge in [-0.2, -0.15) is 0 Å². The van der Waals surface area contributed by atoms with E-state index in [9.17, 15) is 10.1 Å². The number of halogens is 1. The van der Waals surface area contributed by atoms with Crippen LogP contribution in [0.4, 0.5) is 5.69 Å². The number of nitro groups is 1. The summed E-state index contributed by atoms with van der Waals surface area (Å²) < 4.78 is 0. The Bertz CT molecular complexity index is 612. The van der Waals surface area contributed by atoms with Crippen LogP contribution in [0, 0.1) is 10.1 Å². The van der Waals surface area contributed by atoms with Gasteiger partial charge in [-0.3, -0.25) is 10.1 Å². The molecule has 0 amide bonds. The summed E-state index contributed by atoms with van der Waals surface area (Å²) in [5, 5.41) is 17.0. The number of hydrogen-bond donors (Lipinski definition) is 1. The third kappa shape index (κ3) is 3.28. The monoisotopic (exact) mass is 295 g/mol. The van der Waals surface area contributed by atoms with Crippen molar-refractivity contribution in [3.63, 3.8) is 0 Å². The summed E-state index contributed by atoms with van der Waals surface area (Å²) in [5.41, 5.74) is 9.41. The van der Waals surface area contributed by atoms with Gasteiger partial charge in [0, 0.05) is 30.7 Å². The zero-order valence-electron chi connectivity index (χ0n) is 10.2. The van der Waals surface area contributed by atoms with Gasteiger partial charge in [0.2, 0.25) is 0 Å². The van der Waals surface area contributed by atoms with E-state index in [2.05, 4.69) is 20.3 Å². The van der Waals surface area contributed by atoms with E-state index in [1.165, 1.54) is 0 Å². The molecule has 2 rings (SSSR count). The standard InChI is InChI=1S/C10H10ClN7O2/c11-10-8(15-16-12)3-7(4-14-10)5-17-2-1-13-9(17)6-18(19)20/h3-4,6,13H,1-2,5H2/b9-6+. The van der Waals surface area contributed by atoms with Gasteiger partial charge < -0.3 is 10.2 Å². The Morgan fingerprint density at radius 1 is 1.75 bits per heavy atom. The van der Waals surface area contributed by atoms with Gasteiger partial charge in [0.05, 0.1) is 10.6 Å². The minimum atomic E-state index is -0.508. The molecule has 0 spiro atoms. The Morgan fingerprint density at radius 2 is 2.55 bits per heavy atom. The summed E-state index contributed by atoms with van der Waals surface area (Å²) in [6.45, 7) is 1.67. The van der Waals surface area contributed by atoms with Crippen LogP contribution in [0.3, 0.4) is 0 Å². The van der Waals surface area contributed by atoms with E-state index in [0.29, 0.717) is 25.5 Å². The van der Waals surface area contributed by atoms with Gasteiger partial charge in [0.25, 0.3) is 6.20 Å². The van der Waals surface area contributed by atoms with Gasteiger partial charge >= 0.3 is 0 Å². The molecular weight excluding hydrogens is 286 g/mol. The van der Waals surface area contributed by atoms with Crippen LogP contribution in [0.5, 0.6) is 0 Å². The average Bonchev–Trinajstić information content (AvgIpc) is 2.80. The highest BCUT2D eigenvalue weighted by atomic mass is 35.5. The van der Waals surface area contributed by atoms with Crippen molar-refractivity contribution in [2.24, 2.45) is 5.11 Å². The van der Waals surface area contributed by atoms with Crippen molar-refractivity contribution in [3.05, 3.63) is 55.6 Å². The Morgan fingerprint density at radius 3 is 3.25 bits per heavy atom. The molecule has 0 radical (unpaired) electrons. The maximum absolute atomic E-state index is 10.5. The van der Waals surface area contributed by atoms with Crippen LogP contribution in [-0.4, -0.2) is 27.9 Å². The average molecular weight is 296 g/mol. The molecule has 0 unspecified atom stereocenters. The Kier molecular flexibility index (Phi) is 4.24. The SMILES string of the molecule is [N-]=[N+]=Nc1cc(CN2CCN/C2=C\[N+](=O)[O-])cnc1Cl. The van der Waals surface area contributed by atoms with E-state index in [1.807, 2.05) is 0 Å². The smallest absolute Gasteiger partial charge is 0.274 e. The zero-order valence-corrected chi connectivity index (χ0v) is 11.0. The first-order valence-electron chi connectivity index (χ1n) is 5.64. The van der Waals surface area contributed by atoms with Crippen molar-refractivity contribution in [2.45, 2.75) is 6.54 Å². The lowest BCUT2D eigenvalue weighted by Gasteiger charge is -2.17. The molecule has 0 bridgehead atoms. The van der Waals surface area contributed by atoms with Crippen LogP contribution in [0.1, 0.15) is 5.56 Å². The van der Waals surface area contributed by atoms with E-state index in [-0.39, 0.29) is 10.8 Å². The summed E-state index contributed by atoms with van der Waals surface area (Å²) in [6, 6.07) is 1.61. The molecule has 2 heterocycles. The zero-order chi connectivity index (χ0) is 14.5. The maximum Gasteiger partial charge on any atom is 0.274 e. The van der Waals surface area contributed by atoms with E-state index < -0.39 is 4.92 Å². The first-order chi connectivity index (χ1) is 9.60. The van der Waals surface area contributed by atoms with Crippen LogP contribution in [-0.2, 0) is 6.54 Å². The third-order valence-electron chi connectivity index (χ3n) is 2.66. The van der Waals surface area contributed by atoms with Gasteiger partial charge in [-0.25, -0.2) is 4.98 Å². The van der Waals surface area contributed by atoms with Crippen LogP contribution in [0.2, 0.25) is 5.15 Å². The number of azide groups is 1. The summed E-state index contributed by atoms with van der Waals surface area (Å²) >= 11 is 5.79. The van der Waals surface area contributed by atoms with E-state index in [4.69, 9.17) is 17.1 Å². The lowest BCUT2D eigenvalue weighted by molar-refractivity contribution is -0.404. The van der Waals surface area contributed by atoms with E-state index >= 15 is 0 Å². The second-order valence-corrected chi connectivity index (χ2v) is 4.35. The van der Waals surface area contributed by atoms with Gasteiger partial charge in [0.1, 0.15) is 5.15 Å². The molecule has 104 valence electrons. The summed E-state index contributed by atoms with van der Waals surface area (Å²) in [5.74, 6) is 0.440. The minimum Gasteiger partial charge on any atom is -0.365 e. The van der Waals surface area contributed by atoms with Crippen molar-refractivity contribution in [2.75, 3.05) is 13.1 Å². The number of hydrogen-bond acceptors (Lipinski definition) is 6. The first kappa shape index (κ1) is 13.9. The highest BCUT2D eigenvalue weighted by molar-refractivity contribution is 6.31. The van der Waals surface area contributed by atoms with Gasteiger partial charge in [-0.1, -0.05) is 16.7 Å². The predicted molar refractivity (Wildman–Crippen MR) is 71.5 cm³/mol. The highest BCUT2D eigenvalue weighted by Gasteiger charge is 2.19. The minimum absolute atomic E-state index is 0.118. The normalized spacial score (nSPS) is 15.8. The van der Waals surface area contributed by atoms with Crippen molar-refractivity contribution < 1.29 is 4.92 Å².